The maximum atomic E-state index is 5.29. The van der Waals surface area contributed by atoms with Gasteiger partial charge in [0.1, 0.15) is 11.6 Å². The van der Waals surface area contributed by atoms with Crippen LogP contribution in [0.5, 0.6) is 0 Å². The third-order valence-corrected chi connectivity index (χ3v) is 14.0. The van der Waals surface area contributed by atoms with Crippen LogP contribution < -0.4 is 9.80 Å². The molecule has 4 aromatic heterocycles. The molecular formula is C67H44N8. The summed E-state index contributed by atoms with van der Waals surface area (Å²) in [6.07, 6.45) is 3.70. The average molecular weight is 961 g/mol. The highest BCUT2D eigenvalue weighted by molar-refractivity contribution is 6.23. The van der Waals surface area contributed by atoms with Crippen LogP contribution in [-0.4, -0.2) is 29.5 Å². The molecule has 0 saturated heterocycles. The number of pyridine rings is 2. The highest BCUT2D eigenvalue weighted by Gasteiger charge is 2.24. The van der Waals surface area contributed by atoms with Crippen molar-refractivity contribution in [2.24, 2.45) is 0 Å². The number of fused-ring (bicyclic) bond motifs is 7. The van der Waals surface area contributed by atoms with E-state index in [4.69, 9.17) is 24.9 Å². The summed E-state index contributed by atoms with van der Waals surface area (Å²) in [5.74, 6) is 3.43. The Morgan fingerprint density at radius 3 is 1.43 bits per heavy atom. The predicted molar refractivity (Wildman–Crippen MR) is 308 cm³/mol. The van der Waals surface area contributed by atoms with Crippen LogP contribution in [0.2, 0.25) is 0 Å². The molecule has 8 nitrogen and oxygen atoms in total. The lowest BCUT2D eigenvalue weighted by Gasteiger charge is -2.26. The van der Waals surface area contributed by atoms with Gasteiger partial charge in [-0.05, 0) is 119 Å². The van der Waals surface area contributed by atoms with E-state index in [0.29, 0.717) is 17.5 Å². The number of hydrogen-bond donors (Lipinski definition) is 0. The first kappa shape index (κ1) is 43.5. The molecular weight excluding hydrogens is 917 g/mol. The first-order valence-electron chi connectivity index (χ1n) is 25.1. The Bertz CT molecular complexity index is 4250. The van der Waals surface area contributed by atoms with Crippen molar-refractivity contribution >= 4 is 88.5 Å². The lowest BCUT2D eigenvalue weighted by atomic mass is 10.0. The molecule has 0 fully saturated rings. The third-order valence-electron chi connectivity index (χ3n) is 14.0. The van der Waals surface area contributed by atoms with Crippen molar-refractivity contribution in [3.8, 4) is 39.9 Å². The van der Waals surface area contributed by atoms with E-state index in [1.807, 2.05) is 42.7 Å². The topological polar surface area (TPSA) is 75.9 Å². The predicted octanol–water partition coefficient (Wildman–Crippen LogP) is 17.2. The summed E-state index contributed by atoms with van der Waals surface area (Å²) in [4.78, 5) is 30.1. The maximum absolute atomic E-state index is 5.29. The van der Waals surface area contributed by atoms with Gasteiger partial charge in [0.25, 0.3) is 0 Å². The molecule has 0 bridgehead atoms. The minimum absolute atomic E-state index is 0.580. The lowest BCUT2D eigenvalue weighted by molar-refractivity contribution is 1.07. The molecule has 75 heavy (non-hydrogen) atoms. The van der Waals surface area contributed by atoms with Gasteiger partial charge in [0, 0.05) is 73.4 Å². The van der Waals surface area contributed by atoms with Crippen LogP contribution in [0, 0.1) is 0 Å². The second kappa shape index (κ2) is 18.4. The quantitative estimate of drug-likeness (QED) is 0.135. The smallest absolute Gasteiger partial charge is 0.164 e. The van der Waals surface area contributed by atoms with Crippen molar-refractivity contribution in [3.05, 3.63) is 267 Å². The number of rotatable bonds is 10. The van der Waals surface area contributed by atoms with Crippen LogP contribution in [0.25, 0.3) is 94.0 Å². The minimum Gasteiger partial charge on any atom is -0.309 e. The molecule has 0 aliphatic carbocycles. The SMILES string of the molecule is c1ccc(N(c2ccc3c(c2)c2cc(N(c4ccccc4)c4ccccn4)c4ccccc4c2n3-c2cccc(-c3nc(-c4ccc5ccccc5c4)nc(-c4ccc5ccccc5c4)n3)c2)c2ccccn2)cc1. The molecule has 0 spiro atoms. The van der Waals surface area contributed by atoms with Crippen LogP contribution in [0.1, 0.15) is 0 Å². The highest BCUT2D eigenvalue weighted by atomic mass is 15.2. The van der Waals surface area contributed by atoms with Crippen LogP contribution in [-0.2, 0) is 0 Å². The summed E-state index contributed by atoms with van der Waals surface area (Å²) in [5, 5.41) is 8.88. The molecule has 10 aromatic carbocycles. The number of para-hydroxylation sites is 2. The molecule has 0 amide bonds. The monoisotopic (exact) mass is 960 g/mol. The average Bonchev–Trinajstić information content (AvgIpc) is 3.82. The fourth-order valence-corrected chi connectivity index (χ4v) is 10.6. The van der Waals surface area contributed by atoms with Gasteiger partial charge in [-0.15, -0.1) is 0 Å². The van der Waals surface area contributed by atoms with Gasteiger partial charge in [-0.1, -0.05) is 158 Å². The zero-order valence-corrected chi connectivity index (χ0v) is 40.5. The van der Waals surface area contributed by atoms with Crippen molar-refractivity contribution in [2.45, 2.75) is 0 Å². The molecule has 0 aliphatic heterocycles. The number of nitrogens with zero attached hydrogens (tertiary/aromatic N) is 8. The molecule has 4 heterocycles. The van der Waals surface area contributed by atoms with Gasteiger partial charge in [0.05, 0.1) is 16.7 Å². The number of aromatic nitrogens is 6. The van der Waals surface area contributed by atoms with Crippen LogP contribution >= 0.6 is 0 Å². The molecule has 8 heteroatoms. The zero-order valence-electron chi connectivity index (χ0n) is 40.5. The van der Waals surface area contributed by atoms with Gasteiger partial charge < -0.3 is 4.57 Å². The lowest BCUT2D eigenvalue weighted by Crippen LogP contribution is -2.12. The largest absolute Gasteiger partial charge is 0.309 e. The summed E-state index contributed by atoms with van der Waals surface area (Å²) in [6.45, 7) is 0. The molecule has 352 valence electrons. The Hall–Kier alpha value is -10.3. The molecule has 0 unspecified atom stereocenters. The molecule has 0 aliphatic rings. The Balaban J connectivity index is 1.02. The minimum atomic E-state index is 0.580. The van der Waals surface area contributed by atoms with Crippen molar-refractivity contribution in [1.82, 2.24) is 29.5 Å². The summed E-state index contributed by atoms with van der Waals surface area (Å²) in [7, 11) is 0. The van der Waals surface area contributed by atoms with Gasteiger partial charge >= 0.3 is 0 Å². The zero-order chi connectivity index (χ0) is 49.7. The van der Waals surface area contributed by atoms with Crippen molar-refractivity contribution in [3.63, 3.8) is 0 Å². The second-order valence-electron chi connectivity index (χ2n) is 18.6. The Kier molecular flexibility index (Phi) is 10.7. The van der Waals surface area contributed by atoms with Gasteiger partial charge in [-0.3, -0.25) is 9.80 Å². The fourth-order valence-electron chi connectivity index (χ4n) is 10.6. The second-order valence-corrected chi connectivity index (χ2v) is 18.6. The van der Waals surface area contributed by atoms with E-state index in [9.17, 15) is 0 Å². The summed E-state index contributed by atoms with van der Waals surface area (Å²) in [5.41, 5.74) is 9.78. The van der Waals surface area contributed by atoms with E-state index in [-0.39, 0.29) is 0 Å². The number of anilines is 6. The van der Waals surface area contributed by atoms with E-state index in [0.717, 1.165) is 111 Å². The van der Waals surface area contributed by atoms with Crippen LogP contribution in [0.4, 0.5) is 34.4 Å². The Morgan fingerprint density at radius 1 is 0.307 bits per heavy atom. The van der Waals surface area contributed by atoms with Crippen molar-refractivity contribution in [2.75, 3.05) is 9.80 Å². The number of hydrogen-bond acceptors (Lipinski definition) is 7. The van der Waals surface area contributed by atoms with Crippen LogP contribution in [0.3, 0.4) is 0 Å². The molecule has 0 atom stereocenters. The van der Waals surface area contributed by atoms with E-state index in [1.165, 1.54) is 0 Å². The first-order valence-corrected chi connectivity index (χ1v) is 25.1. The molecule has 0 radical (unpaired) electrons. The normalized spacial score (nSPS) is 11.5. The first-order chi connectivity index (χ1) is 37.2. The summed E-state index contributed by atoms with van der Waals surface area (Å²) in [6, 6.07) is 89.1. The summed E-state index contributed by atoms with van der Waals surface area (Å²) >= 11 is 0. The van der Waals surface area contributed by atoms with Crippen LogP contribution in [0.15, 0.2) is 267 Å². The standard InChI is InChI=1S/C67H44N8/c1-3-23-52(24-4-1)73(62-30-13-15-38-68-62)55-36-37-60-58(43-55)59-44-61(74(53-25-5-2-6-26-53)63-31-14-16-39-69-63)56-28-11-12-29-57(56)64(59)75(60)54-27-17-22-49(42-54)65-70-66(50-34-32-45-18-7-9-20-47(45)40-50)72-67(71-65)51-35-33-46-19-8-10-21-48(46)41-51/h1-44H. The van der Waals surface area contributed by atoms with E-state index < -0.39 is 0 Å². The molecule has 0 saturated carbocycles. The van der Waals surface area contributed by atoms with Gasteiger partial charge in [0.15, 0.2) is 17.5 Å². The molecule has 14 aromatic rings. The van der Waals surface area contributed by atoms with E-state index in [1.54, 1.807) is 0 Å². The van der Waals surface area contributed by atoms with Crippen molar-refractivity contribution < 1.29 is 0 Å². The van der Waals surface area contributed by atoms with Gasteiger partial charge in [-0.2, -0.15) is 0 Å². The van der Waals surface area contributed by atoms with E-state index in [2.05, 4.69) is 239 Å². The molecule has 14 rings (SSSR count). The summed E-state index contributed by atoms with van der Waals surface area (Å²) < 4.78 is 2.40. The Morgan fingerprint density at radius 2 is 0.827 bits per heavy atom. The van der Waals surface area contributed by atoms with Gasteiger partial charge in [-0.25, -0.2) is 24.9 Å². The maximum Gasteiger partial charge on any atom is 0.164 e. The van der Waals surface area contributed by atoms with Gasteiger partial charge in [0.2, 0.25) is 0 Å². The van der Waals surface area contributed by atoms with Crippen molar-refractivity contribution in [1.29, 1.82) is 0 Å². The fraction of sp³-hybridized carbons (Fsp3) is 0. The third kappa shape index (κ3) is 7.85. The Labute approximate surface area is 432 Å². The molecule has 0 N–H and O–H groups in total. The van der Waals surface area contributed by atoms with E-state index >= 15 is 0 Å². The highest BCUT2D eigenvalue weighted by Crippen LogP contribution is 2.47. The number of benzene rings is 10.